The fourth-order valence-corrected chi connectivity index (χ4v) is 1.33. The largest absolute Gasteiger partial charge is 0.370 e. The fraction of sp³-hybridized carbons (Fsp3) is 0.273. The van der Waals surface area contributed by atoms with Gasteiger partial charge in [0.25, 0.3) is 11.8 Å². The number of anilines is 1. The van der Waals surface area contributed by atoms with Gasteiger partial charge >= 0.3 is 0 Å². The Kier molecular flexibility index (Phi) is 6.96. The molecule has 6 nitrogen and oxygen atoms in total. The normalized spacial score (nSPS) is 11.2. The molecule has 0 radical (unpaired) electrons. The van der Waals surface area contributed by atoms with Gasteiger partial charge in [0.15, 0.2) is 0 Å². The molecule has 100 valence electrons. The van der Waals surface area contributed by atoms with Gasteiger partial charge in [-0.2, -0.15) is 0 Å². The van der Waals surface area contributed by atoms with Crippen LogP contribution >= 0.6 is 12.4 Å². The number of nitrogens with two attached hydrogens (primary N) is 2. The van der Waals surface area contributed by atoms with Gasteiger partial charge in [0.05, 0.1) is 11.3 Å². The number of amides is 2. The van der Waals surface area contributed by atoms with Crippen LogP contribution in [0.3, 0.4) is 0 Å². The number of hydrogen-bond donors (Lipinski definition) is 3. The van der Waals surface area contributed by atoms with E-state index in [1.54, 1.807) is 18.2 Å². The maximum Gasteiger partial charge on any atom is 0.254 e. The zero-order valence-corrected chi connectivity index (χ0v) is 10.7. The van der Waals surface area contributed by atoms with E-state index in [-0.39, 0.29) is 24.5 Å². The third-order valence-electron chi connectivity index (χ3n) is 2.24. The van der Waals surface area contributed by atoms with Gasteiger partial charge in [0, 0.05) is 13.7 Å². The number of para-hydroxylation sites is 1. The molecular formula is C11H16ClN3O3. The molecule has 0 spiro atoms. The molecule has 0 aliphatic rings. The molecule has 0 bridgehead atoms. The Morgan fingerprint density at radius 2 is 2.00 bits per heavy atom. The van der Waals surface area contributed by atoms with Crippen LogP contribution in [0.5, 0.6) is 0 Å². The molecule has 0 aliphatic carbocycles. The second-order valence-electron chi connectivity index (χ2n) is 3.36. The minimum Gasteiger partial charge on any atom is -0.370 e. The van der Waals surface area contributed by atoms with E-state index in [9.17, 15) is 9.59 Å². The molecule has 0 aliphatic heterocycles. The van der Waals surface area contributed by atoms with E-state index >= 15 is 0 Å². The van der Waals surface area contributed by atoms with Crippen molar-refractivity contribution in [1.82, 2.24) is 0 Å². The zero-order chi connectivity index (χ0) is 12.8. The predicted molar refractivity (Wildman–Crippen MR) is 70.7 cm³/mol. The molecule has 1 atom stereocenters. The van der Waals surface area contributed by atoms with Crippen molar-refractivity contribution in [3.63, 3.8) is 0 Å². The molecule has 0 aromatic heterocycles. The Morgan fingerprint density at radius 3 is 2.50 bits per heavy atom. The maximum absolute atomic E-state index is 11.7. The molecule has 7 heteroatoms. The number of nitrogens with one attached hydrogen (secondary N) is 1. The van der Waals surface area contributed by atoms with Gasteiger partial charge in [-0.05, 0) is 12.1 Å². The van der Waals surface area contributed by atoms with Crippen molar-refractivity contribution in [3.8, 4) is 0 Å². The van der Waals surface area contributed by atoms with E-state index in [0.29, 0.717) is 5.69 Å². The van der Waals surface area contributed by atoms with Crippen LogP contribution in [0.2, 0.25) is 0 Å². The first-order chi connectivity index (χ1) is 8.10. The molecule has 0 heterocycles. The molecule has 1 rings (SSSR count). The molecule has 2 amide bonds. The van der Waals surface area contributed by atoms with Crippen LogP contribution in [0.4, 0.5) is 5.69 Å². The number of rotatable bonds is 5. The summed E-state index contributed by atoms with van der Waals surface area (Å²) in [5, 5.41) is 2.55. The minimum absolute atomic E-state index is 0. The molecule has 0 fully saturated rings. The SMILES string of the molecule is COC(CN)C(=O)Nc1ccccc1C(N)=O.Cl. The Morgan fingerprint density at radius 1 is 1.39 bits per heavy atom. The average molecular weight is 274 g/mol. The van der Waals surface area contributed by atoms with Crippen LogP contribution in [-0.4, -0.2) is 31.6 Å². The maximum atomic E-state index is 11.7. The topological polar surface area (TPSA) is 107 Å². The van der Waals surface area contributed by atoms with Crippen LogP contribution < -0.4 is 16.8 Å². The highest BCUT2D eigenvalue weighted by molar-refractivity contribution is 6.04. The lowest BCUT2D eigenvalue weighted by Crippen LogP contribution is -2.36. The van der Waals surface area contributed by atoms with E-state index in [0.717, 1.165) is 0 Å². The molecule has 1 unspecified atom stereocenters. The summed E-state index contributed by atoms with van der Waals surface area (Å²) in [5.74, 6) is -1.02. The Bertz CT molecular complexity index is 422. The van der Waals surface area contributed by atoms with Crippen LogP contribution in [0.15, 0.2) is 24.3 Å². The molecule has 5 N–H and O–H groups in total. The van der Waals surface area contributed by atoms with Gasteiger partial charge in [-0.1, -0.05) is 12.1 Å². The van der Waals surface area contributed by atoms with E-state index < -0.39 is 17.9 Å². The Hall–Kier alpha value is -1.63. The van der Waals surface area contributed by atoms with E-state index in [4.69, 9.17) is 16.2 Å². The second kappa shape index (κ2) is 7.65. The summed E-state index contributed by atoms with van der Waals surface area (Å²) in [5.41, 5.74) is 11.1. The summed E-state index contributed by atoms with van der Waals surface area (Å²) in [4.78, 5) is 22.8. The van der Waals surface area contributed by atoms with Crippen LogP contribution in [-0.2, 0) is 9.53 Å². The van der Waals surface area contributed by atoms with Gasteiger partial charge in [-0.3, -0.25) is 9.59 Å². The number of ether oxygens (including phenoxy) is 1. The first-order valence-electron chi connectivity index (χ1n) is 5.02. The summed E-state index contributed by atoms with van der Waals surface area (Å²) in [6, 6.07) is 6.46. The quantitative estimate of drug-likeness (QED) is 0.708. The standard InChI is InChI=1S/C11H15N3O3.ClH/c1-17-9(6-12)11(16)14-8-5-3-2-4-7(8)10(13)15;/h2-5,9H,6,12H2,1H3,(H2,13,15)(H,14,16);1H. The molecule has 18 heavy (non-hydrogen) atoms. The summed E-state index contributed by atoms with van der Waals surface area (Å²) >= 11 is 0. The highest BCUT2D eigenvalue weighted by atomic mass is 35.5. The van der Waals surface area contributed by atoms with Gasteiger partial charge in [0.2, 0.25) is 0 Å². The second-order valence-corrected chi connectivity index (χ2v) is 3.36. The van der Waals surface area contributed by atoms with Crippen LogP contribution in [0, 0.1) is 0 Å². The predicted octanol–water partition coefficient (Wildman–Crippen LogP) is 0.119. The van der Waals surface area contributed by atoms with E-state index in [1.807, 2.05) is 0 Å². The van der Waals surface area contributed by atoms with Crippen molar-refractivity contribution in [3.05, 3.63) is 29.8 Å². The van der Waals surface area contributed by atoms with Crippen molar-refractivity contribution in [2.45, 2.75) is 6.10 Å². The minimum atomic E-state index is -0.754. The van der Waals surface area contributed by atoms with E-state index in [1.165, 1.54) is 13.2 Å². The number of primary amides is 1. The Labute approximate surface area is 111 Å². The van der Waals surface area contributed by atoms with Gasteiger partial charge in [-0.15, -0.1) is 12.4 Å². The number of methoxy groups -OCH3 is 1. The van der Waals surface area contributed by atoms with Crippen molar-refractivity contribution in [2.75, 3.05) is 19.0 Å². The third-order valence-corrected chi connectivity index (χ3v) is 2.24. The summed E-state index contributed by atoms with van der Waals surface area (Å²) < 4.78 is 4.88. The van der Waals surface area contributed by atoms with Gasteiger partial charge in [-0.25, -0.2) is 0 Å². The highest BCUT2D eigenvalue weighted by Crippen LogP contribution is 2.14. The molecule has 0 saturated carbocycles. The average Bonchev–Trinajstić information content (AvgIpc) is 2.31. The van der Waals surface area contributed by atoms with Gasteiger partial charge in [0.1, 0.15) is 6.10 Å². The first kappa shape index (κ1) is 16.4. The molecule has 1 aromatic rings. The lowest BCUT2D eigenvalue weighted by Gasteiger charge is -2.14. The fourth-order valence-electron chi connectivity index (χ4n) is 1.33. The molecule has 1 aromatic carbocycles. The lowest BCUT2D eigenvalue weighted by molar-refractivity contribution is -0.125. The van der Waals surface area contributed by atoms with Crippen molar-refractivity contribution < 1.29 is 14.3 Å². The van der Waals surface area contributed by atoms with E-state index in [2.05, 4.69) is 5.32 Å². The summed E-state index contributed by atoms with van der Waals surface area (Å²) in [6.07, 6.45) is -0.754. The number of carbonyl (C=O) groups excluding carboxylic acids is 2. The highest BCUT2D eigenvalue weighted by Gasteiger charge is 2.17. The van der Waals surface area contributed by atoms with Crippen molar-refractivity contribution in [2.24, 2.45) is 11.5 Å². The van der Waals surface area contributed by atoms with Gasteiger partial charge < -0.3 is 21.5 Å². The lowest BCUT2D eigenvalue weighted by atomic mass is 10.1. The van der Waals surface area contributed by atoms with Crippen molar-refractivity contribution >= 4 is 29.9 Å². The molecular weight excluding hydrogens is 258 g/mol. The third kappa shape index (κ3) is 3.99. The zero-order valence-electron chi connectivity index (χ0n) is 9.88. The smallest absolute Gasteiger partial charge is 0.254 e. The summed E-state index contributed by atoms with van der Waals surface area (Å²) in [7, 11) is 1.39. The first-order valence-corrected chi connectivity index (χ1v) is 5.02. The monoisotopic (exact) mass is 273 g/mol. The summed E-state index contributed by atoms with van der Waals surface area (Å²) in [6.45, 7) is 0.0566. The number of halogens is 1. The Balaban J connectivity index is 0.00000289. The van der Waals surface area contributed by atoms with Crippen molar-refractivity contribution in [1.29, 1.82) is 0 Å². The van der Waals surface area contributed by atoms with Crippen LogP contribution in [0.1, 0.15) is 10.4 Å². The number of hydrogen-bond acceptors (Lipinski definition) is 4. The number of benzene rings is 1. The number of carbonyl (C=O) groups is 2. The molecule has 0 saturated heterocycles. The van der Waals surface area contributed by atoms with Crippen LogP contribution in [0.25, 0.3) is 0 Å².